The van der Waals surface area contributed by atoms with Crippen LogP contribution in [0.1, 0.15) is 39.5 Å². The van der Waals surface area contributed by atoms with E-state index >= 15 is 0 Å². The van der Waals surface area contributed by atoms with Gasteiger partial charge < -0.3 is 10.2 Å². The number of nitrogens with one attached hydrogen (secondary N) is 1. The van der Waals surface area contributed by atoms with Gasteiger partial charge in [0.25, 0.3) is 0 Å². The van der Waals surface area contributed by atoms with Crippen LogP contribution in [0.15, 0.2) is 0 Å². The van der Waals surface area contributed by atoms with E-state index in [-0.39, 0.29) is 6.54 Å². The van der Waals surface area contributed by atoms with Crippen molar-refractivity contribution in [3.8, 4) is 0 Å². The van der Waals surface area contributed by atoms with Gasteiger partial charge in [0.05, 0.1) is 6.04 Å². The average Bonchev–Trinajstić information content (AvgIpc) is 2.36. The molecular formula is C13H23F3N2O. The number of hydrogen-bond donors (Lipinski definition) is 1. The van der Waals surface area contributed by atoms with E-state index in [1.807, 2.05) is 0 Å². The Hall–Kier alpha value is -0.780. The van der Waals surface area contributed by atoms with E-state index in [0.717, 1.165) is 17.7 Å². The van der Waals surface area contributed by atoms with E-state index in [2.05, 4.69) is 12.2 Å². The van der Waals surface area contributed by atoms with Gasteiger partial charge in [0, 0.05) is 6.54 Å². The second-order valence-electron chi connectivity index (χ2n) is 5.18. The van der Waals surface area contributed by atoms with E-state index in [4.69, 9.17) is 0 Å². The van der Waals surface area contributed by atoms with Crippen molar-refractivity contribution in [1.29, 1.82) is 0 Å². The Morgan fingerprint density at radius 1 is 1.37 bits per heavy atom. The van der Waals surface area contributed by atoms with Gasteiger partial charge in [-0.25, -0.2) is 0 Å². The van der Waals surface area contributed by atoms with Crippen LogP contribution in [0.5, 0.6) is 0 Å². The SMILES string of the molecule is CCCN(CC(F)(F)F)C(=O)C1CC(CC)CCN1. The molecule has 0 aromatic carbocycles. The number of carbonyl (C=O) groups excluding carboxylic acids is 1. The largest absolute Gasteiger partial charge is 0.406 e. The van der Waals surface area contributed by atoms with Gasteiger partial charge in [-0.3, -0.25) is 4.79 Å². The van der Waals surface area contributed by atoms with Gasteiger partial charge in [0.15, 0.2) is 0 Å². The second kappa shape index (κ2) is 7.12. The maximum absolute atomic E-state index is 12.5. The van der Waals surface area contributed by atoms with Crippen LogP contribution < -0.4 is 5.32 Å². The lowest BCUT2D eigenvalue weighted by atomic mass is 9.90. The molecule has 1 rings (SSSR count). The fraction of sp³-hybridized carbons (Fsp3) is 0.923. The minimum absolute atomic E-state index is 0.160. The number of nitrogens with zero attached hydrogens (tertiary/aromatic N) is 1. The summed E-state index contributed by atoms with van der Waals surface area (Å²) in [7, 11) is 0. The number of rotatable bonds is 5. The lowest BCUT2D eigenvalue weighted by Gasteiger charge is -2.33. The Balaban J connectivity index is 2.64. The normalized spacial score (nSPS) is 24.3. The highest BCUT2D eigenvalue weighted by molar-refractivity contribution is 5.82. The van der Waals surface area contributed by atoms with E-state index in [9.17, 15) is 18.0 Å². The van der Waals surface area contributed by atoms with Crippen LogP contribution in [0.3, 0.4) is 0 Å². The molecule has 0 aromatic rings. The van der Waals surface area contributed by atoms with Crippen LogP contribution in [0.4, 0.5) is 13.2 Å². The van der Waals surface area contributed by atoms with E-state index in [1.165, 1.54) is 0 Å². The highest BCUT2D eigenvalue weighted by Gasteiger charge is 2.36. The summed E-state index contributed by atoms with van der Waals surface area (Å²) in [6.07, 6.45) is -1.19. The fourth-order valence-electron chi connectivity index (χ4n) is 2.53. The monoisotopic (exact) mass is 280 g/mol. The minimum atomic E-state index is -4.33. The van der Waals surface area contributed by atoms with Gasteiger partial charge in [0.1, 0.15) is 6.54 Å². The molecule has 0 aromatic heterocycles. The Morgan fingerprint density at radius 2 is 2.05 bits per heavy atom. The highest BCUT2D eigenvalue weighted by Crippen LogP contribution is 2.22. The third-order valence-corrected chi connectivity index (χ3v) is 3.56. The molecule has 1 aliphatic heterocycles. The molecule has 1 saturated heterocycles. The van der Waals surface area contributed by atoms with Gasteiger partial charge >= 0.3 is 6.18 Å². The number of piperidine rings is 1. The second-order valence-corrected chi connectivity index (χ2v) is 5.18. The highest BCUT2D eigenvalue weighted by atomic mass is 19.4. The molecule has 1 fully saturated rings. The van der Waals surface area contributed by atoms with E-state index in [1.54, 1.807) is 6.92 Å². The zero-order valence-electron chi connectivity index (χ0n) is 11.6. The topological polar surface area (TPSA) is 32.3 Å². The van der Waals surface area contributed by atoms with Gasteiger partial charge in [-0.15, -0.1) is 0 Å². The van der Waals surface area contributed by atoms with Crippen molar-refractivity contribution >= 4 is 5.91 Å². The van der Waals surface area contributed by atoms with Gasteiger partial charge in [0.2, 0.25) is 5.91 Å². The molecule has 0 spiro atoms. The molecule has 3 nitrogen and oxygen atoms in total. The first-order chi connectivity index (χ1) is 8.87. The van der Waals surface area contributed by atoms with Crippen molar-refractivity contribution in [3.05, 3.63) is 0 Å². The van der Waals surface area contributed by atoms with Crippen molar-refractivity contribution in [3.63, 3.8) is 0 Å². The fourth-order valence-corrected chi connectivity index (χ4v) is 2.53. The predicted molar refractivity (Wildman–Crippen MR) is 67.7 cm³/mol. The van der Waals surface area contributed by atoms with E-state index in [0.29, 0.717) is 25.3 Å². The zero-order valence-corrected chi connectivity index (χ0v) is 11.6. The van der Waals surface area contributed by atoms with Crippen molar-refractivity contribution in [1.82, 2.24) is 10.2 Å². The van der Waals surface area contributed by atoms with Crippen LogP contribution in [-0.4, -0.2) is 42.7 Å². The summed E-state index contributed by atoms with van der Waals surface area (Å²) in [5.74, 6) is 0.0295. The first-order valence-electron chi connectivity index (χ1n) is 6.96. The maximum Gasteiger partial charge on any atom is 0.406 e. The molecule has 1 N–H and O–H groups in total. The summed E-state index contributed by atoms with van der Waals surface area (Å²) in [5, 5.41) is 3.05. The summed E-state index contributed by atoms with van der Waals surface area (Å²) in [6, 6.07) is -0.451. The maximum atomic E-state index is 12.5. The molecule has 6 heteroatoms. The number of hydrogen-bond acceptors (Lipinski definition) is 2. The average molecular weight is 280 g/mol. The van der Waals surface area contributed by atoms with Crippen LogP contribution in [0.2, 0.25) is 0 Å². The molecule has 1 heterocycles. The first-order valence-corrected chi connectivity index (χ1v) is 6.96. The molecule has 1 aliphatic rings. The molecule has 0 radical (unpaired) electrons. The van der Waals surface area contributed by atoms with Crippen molar-refractivity contribution in [2.45, 2.75) is 51.7 Å². The third kappa shape index (κ3) is 5.38. The van der Waals surface area contributed by atoms with Crippen molar-refractivity contribution < 1.29 is 18.0 Å². The number of alkyl halides is 3. The summed E-state index contributed by atoms with van der Waals surface area (Å²) in [4.78, 5) is 13.1. The molecule has 0 bridgehead atoms. The van der Waals surface area contributed by atoms with Gasteiger partial charge in [-0.1, -0.05) is 20.3 Å². The first kappa shape index (κ1) is 16.3. The minimum Gasteiger partial charge on any atom is -0.332 e. The van der Waals surface area contributed by atoms with Crippen LogP contribution in [-0.2, 0) is 4.79 Å². The number of halogens is 3. The van der Waals surface area contributed by atoms with Gasteiger partial charge in [-0.05, 0) is 31.7 Å². The number of carbonyl (C=O) groups is 1. The zero-order chi connectivity index (χ0) is 14.5. The van der Waals surface area contributed by atoms with Crippen molar-refractivity contribution in [2.75, 3.05) is 19.6 Å². The smallest absolute Gasteiger partial charge is 0.332 e. The Morgan fingerprint density at radius 3 is 2.58 bits per heavy atom. The molecule has 2 atom stereocenters. The Labute approximate surface area is 112 Å². The van der Waals surface area contributed by atoms with Crippen LogP contribution in [0.25, 0.3) is 0 Å². The van der Waals surface area contributed by atoms with Crippen molar-refractivity contribution in [2.24, 2.45) is 5.92 Å². The molecule has 112 valence electrons. The molecule has 2 unspecified atom stereocenters. The Bertz CT molecular complexity index is 294. The number of amides is 1. The molecule has 0 aliphatic carbocycles. The summed E-state index contributed by atoms with van der Waals surface area (Å²) in [6.45, 7) is 3.56. The summed E-state index contributed by atoms with van der Waals surface area (Å²) in [5.41, 5.74) is 0. The standard InChI is InChI=1S/C13H23F3N2O/c1-3-7-18(9-13(14,15)16)12(19)11-8-10(4-2)5-6-17-11/h10-11,17H,3-9H2,1-2H3. The molecule has 0 saturated carbocycles. The summed E-state index contributed by atoms with van der Waals surface area (Å²) >= 11 is 0. The molecule has 19 heavy (non-hydrogen) atoms. The Kier molecular flexibility index (Phi) is 6.10. The lowest BCUT2D eigenvalue weighted by Crippen LogP contribution is -2.52. The van der Waals surface area contributed by atoms with E-state index < -0.39 is 24.7 Å². The predicted octanol–water partition coefficient (Wildman–Crippen LogP) is 2.57. The van der Waals surface area contributed by atoms with Crippen LogP contribution in [0, 0.1) is 5.92 Å². The quantitative estimate of drug-likeness (QED) is 0.839. The lowest BCUT2D eigenvalue weighted by molar-refractivity contribution is -0.163. The molecular weight excluding hydrogens is 257 g/mol. The van der Waals surface area contributed by atoms with Crippen LogP contribution >= 0.6 is 0 Å². The third-order valence-electron chi connectivity index (χ3n) is 3.56. The summed E-state index contributed by atoms with van der Waals surface area (Å²) < 4.78 is 37.5. The van der Waals surface area contributed by atoms with Gasteiger partial charge in [-0.2, -0.15) is 13.2 Å². The molecule has 1 amide bonds.